The molecule has 2 fully saturated rings. The van der Waals surface area contributed by atoms with Crippen molar-refractivity contribution in [1.82, 2.24) is 10.2 Å². The molecule has 2 N–H and O–H groups in total. The summed E-state index contributed by atoms with van der Waals surface area (Å²) in [6, 6.07) is -0.309. The van der Waals surface area contributed by atoms with Crippen LogP contribution in [0.15, 0.2) is 0 Å². The summed E-state index contributed by atoms with van der Waals surface area (Å²) in [5.74, 6) is -0.941. The predicted octanol–water partition coefficient (Wildman–Crippen LogP) is 1.59. The summed E-state index contributed by atoms with van der Waals surface area (Å²) in [6.07, 6.45) is 1.85. The molecule has 2 aliphatic rings. The largest absolute Gasteiger partial charge is 0.480 e. The van der Waals surface area contributed by atoms with Crippen LogP contribution in [0.2, 0.25) is 0 Å². The van der Waals surface area contributed by atoms with Gasteiger partial charge in [0.2, 0.25) is 0 Å². The lowest BCUT2D eigenvalue weighted by molar-refractivity contribution is -0.171. The second-order valence-corrected chi connectivity index (χ2v) is 7.15. The molecule has 0 bridgehead atoms. The minimum Gasteiger partial charge on any atom is -0.480 e. The highest BCUT2D eigenvalue weighted by Crippen LogP contribution is 2.33. The molecule has 0 unspecified atom stereocenters. The molecule has 0 aromatic heterocycles. The van der Waals surface area contributed by atoms with E-state index in [-0.39, 0.29) is 6.03 Å². The molecule has 0 spiro atoms. The molecule has 114 valence electrons. The van der Waals surface area contributed by atoms with Gasteiger partial charge in [0, 0.05) is 0 Å². The van der Waals surface area contributed by atoms with Gasteiger partial charge in [0.15, 0.2) is 0 Å². The van der Waals surface area contributed by atoms with Crippen molar-refractivity contribution in [2.24, 2.45) is 0 Å². The van der Waals surface area contributed by atoms with E-state index in [9.17, 15) is 14.7 Å². The van der Waals surface area contributed by atoms with Gasteiger partial charge in [0.25, 0.3) is 0 Å². The second-order valence-electron chi connectivity index (χ2n) is 7.15. The van der Waals surface area contributed by atoms with Gasteiger partial charge in [-0.3, -0.25) is 0 Å². The summed E-state index contributed by atoms with van der Waals surface area (Å²) >= 11 is 0. The van der Waals surface area contributed by atoms with Crippen LogP contribution in [0, 0.1) is 0 Å². The number of rotatable bonds is 2. The first-order valence-corrected chi connectivity index (χ1v) is 7.06. The fourth-order valence-electron chi connectivity index (χ4n) is 3.14. The number of amides is 2. The van der Waals surface area contributed by atoms with Crippen molar-refractivity contribution in [3.8, 4) is 0 Å². The van der Waals surface area contributed by atoms with Crippen LogP contribution >= 0.6 is 0 Å². The summed E-state index contributed by atoms with van der Waals surface area (Å²) in [5.41, 5.74) is -1.94. The van der Waals surface area contributed by atoms with Gasteiger partial charge in [-0.25, -0.2) is 9.59 Å². The number of nitrogens with zero attached hydrogens (tertiary/aromatic N) is 1. The predicted molar refractivity (Wildman–Crippen MR) is 73.6 cm³/mol. The maximum Gasteiger partial charge on any atom is 0.329 e. The number of carbonyl (C=O) groups excluding carboxylic acids is 1. The van der Waals surface area contributed by atoms with E-state index in [0.717, 1.165) is 6.42 Å². The summed E-state index contributed by atoms with van der Waals surface area (Å²) in [7, 11) is 0. The topological polar surface area (TPSA) is 78.9 Å². The van der Waals surface area contributed by atoms with E-state index in [1.807, 2.05) is 27.7 Å². The fraction of sp³-hybridized carbons (Fsp3) is 0.857. The van der Waals surface area contributed by atoms with Crippen molar-refractivity contribution in [1.29, 1.82) is 0 Å². The third kappa shape index (κ3) is 2.90. The summed E-state index contributed by atoms with van der Waals surface area (Å²) in [5, 5.41) is 12.0. The molecule has 0 aromatic carbocycles. The molecule has 0 radical (unpaired) electrons. The Bertz CT molecular complexity index is 411. The standard InChI is InChI=1S/C14H24N2O4/c1-12(2)8-16(9-13(3,4)20-12)11(19)15-14(10(17)18)6-5-7-14/h5-9H2,1-4H3,(H,15,19)(H,17,18). The second kappa shape index (κ2) is 4.62. The molecule has 20 heavy (non-hydrogen) atoms. The van der Waals surface area contributed by atoms with Crippen LogP contribution in [0.25, 0.3) is 0 Å². The van der Waals surface area contributed by atoms with Gasteiger partial charge in [0.1, 0.15) is 5.54 Å². The summed E-state index contributed by atoms with van der Waals surface area (Å²) in [6.45, 7) is 8.65. The van der Waals surface area contributed by atoms with Gasteiger partial charge < -0.3 is 20.1 Å². The maximum atomic E-state index is 12.4. The number of nitrogens with one attached hydrogen (secondary N) is 1. The SMILES string of the molecule is CC1(C)CN(C(=O)NC2(C(=O)O)CCC2)CC(C)(C)O1. The number of morpholine rings is 1. The van der Waals surface area contributed by atoms with E-state index in [2.05, 4.69) is 5.32 Å². The van der Waals surface area contributed by atoms with Crippen LogP contribution < -0.4 is 5.32 Å². The van der Waals surface area contributed by atoms with Crippen LogP contribution in [0.4, 0.5) is 4.79 Å². The van der Waals surface area contributed by atoms with Gasteiger partial charge >= 0.3 is 12.0 Å². The molecule has 1 heterocycles. The minimum absolute atomic E-state index is 0.309. The molecule has 1 aliphatic carbocycles. The summed E-state index contributed by atoms with van der Waals surface area (Å²) in [4.78, 5) is 25.4. The van der Waals surface area contributed by atoms with Gasteiger partial charge in [-0.2, -0.15) is 0 Å². The van der Waals surface area contributed by atoms with Crippen molar-refractivity contribution >= 4 is 12.0 Å². The highest BCUT2D eigenvalue weighted by atomic mass is 16.5. The van der Waals surface area contributed by atoms with E-state index in [4.69, 9.17) is 4.74 Å². The Kier molecular flexibility index (Phi) is 3.48. The van der Waals surface area contributed by atoms with E-state index >= 15 is 0 Å². The molecular formula is C14H24N2O4. The average Bonchev–Trinajstić information content (AvgIpc) is 2.17. The van der Waals surface area contributed by atoms with Crippen LogP contribution in [0.1, 0.15) is 47.0 Å². The number of hydrogen-bond donors (Lipinski definition) is 2. The zero-order valence-electron chi connectivity index (χ0n) is 12.7. The Morgan fingerprint density at radius 2 is 1.60 bits per heavy atom. The van der Waals surface area contributed by atoms with Crippen molar-refractivity contribution < 1.29 is 19.4 Å². The van der Waals surface area contributed by atoms with Crippen LogP contribution in [0.3, 0.4) is 0 Å². The lowest BCUT2D eigenvalue weighted by Crippen LogP contribution is -2.66. The molecule has 1 aliphatic heterocycles. The van der Waals surface area contributed by atoms with Crippen molar-refractivity contribution in [3.05, 3.63) is 0 Å². The quantitative estimate of drug-likeness (QED) is 0.807. The fourth-order valence-corrected chi connectivity index (χ4v) is 3.14. The smallest absolute Gasteiger partial charge is 0.329 e. The Labute approximate surface area is 119 Å². The van der Waals surface area contributed by atoms with E-state index in [1.54, 1.807) is 4.90 Å². The molecule has 2 amide bonds. The monoisotopic (exact) mass is 284 g/mol. The first-order chi connectivity index (χ1) is 9.05. The molecule has 6 heteroatoms. The zero-order valence-corrected chi connectivity index (χ0v) is 12.7. The average molecular weight is 284 g/mol. The van der Waals surface area contributed by atoms with Gasteiger partial charge in [-0.15, -0.1) is 0 Å². The zero-order chi connectivity index (χ0) is 15.2. The lowest BCUT2D eigenvalue weighted by Gasteiger charge is -2.48. The molecular weight excluding hydrogens is 260 g/mol. The first kappa shape index (κ1) is 15.1. The van der Waals surface area contributed by atoms with Gasteiger partial charge in [-0.1, -0.05) is 0 Å². The van der Waals surface area contributed by atoms with E-state index in [1.165, 1.54) is 0 Å². The molecule has 6 nitrogen and oxygen atoms in total. The van der Waals surface area contributed by atoms with Crippen LogP contribution in [-0.2, 0) is 9.53 Å². The van der Waals surface area contributed by atoms with E-state index in [0.29, 0.717) is 25.9 Å². The number of aliphatic carboxylic acids is 1. The number of hydrogen-bond acceptors (Lipinski definition) is 3. The number of carboxylic acids is 1. The number of ether oxygens (including phenoxy) is 1. The lowest BCUT2D eigenvalue weighted by atomic mass is 9.77. The molecule has 1 saturated carbocycles. The third-order valence-corrected chi connectivity index (χ3v) is 3.95. The highest BCUT2D eigenvalue weighted by Gasteiger charge is 2.48. The Morgan fingerprint density at radius 3 is 1.95 bits per heavy atom. The highest BCUT2D eigenvalue weighted by molar-refractivity contribution is 5.87. The number of carbonyl (C=O) groups is 2. The number of urea groups is 1. The molecule has 0 aromatic rings. The van der Waals surface area contributed by atoms with Gasteiger partial charge in [0.05, 0.1) is 24.3 Å². The summed E-state index contributed by atoms with van der Waals surface area (Å²) < 4.78 is 5.92. The van der Waals surface area contributed by atoms with Crippen molar-refractivity contribution in [2.45, 2.75) is 63.7 Å². The number of carboxylic acid groups (broad SMARTS) is 1. The Morgan fingerprint density at radius 1 is 1.10 bits per heavy atom. The maximum absolute atomic E-state index is 12.4. The molecule has 0 atom stereocenters. The van der Waals surface area contributed by atoms with Gasteiger partial charge in [-0.05, 0) is 47.0 Å². The minimum atomic E-state index is -1.07. The van der Waals surface area contributed by atoms with Crippen molar-refractivity contribution in [2.75, 3.05) is 13.1 Å². The third-order valence-electron chi connectivity index (χ3n) is 3.95. The Balaban J connectivity index is 2.07. The van der Waals surface area contributed by atoms with Crippen LogP contribution in [-0.4, -0.2) is 51.8 Å². The van der Waals surface area contributed by atoms with Crippen molar-refractivity contribution in [3.63, 3.8) is 0 Å². The molecule has 1 saturated heterocycles. The first-order valence-electron chi connectivity index (χ1n) is 7.06. The van der Waals surface area contributed by atoms with E-state index < -0.39 is 22.7 Å². The van der Waals surface area contributed by atoms with Crippen LogP contribution in [0.5, 0.6) is 0 Å². The normalized spacial score (nSPS) is 26.5. The Hall–Kier alpha value is -1.30. The molecule has 2 rings (SSSR count).